The van der Waals surface area contributed by atoms with E-state index < -0.39 is 0 Å². The van der Waals surface area contributed by atoms with Crippen molar-refractivity contribution < 1.29 is 0 Å². The molecule has 0 unspecified atom stereocenters. The van der Waals surface area contributed by atoms with Gasteiger partial charge in [0.15, 0.2) is 5.82 Å². The molecule has 0 fully saturated rings. The van der Waals surface area contributed by atoms with Crippen molar-refractivity contribution in [3.63, 3.8) is 0 Å². The van der Waals surface area contributed by atoms with Gasteiger partial charge in [0, 0.05) is 24.7 Å². The van der Waals surface area contributed by atoms with Gasteiger partial charge in [0.2, 0.25) is 0 Å². The van der Waals surface area contributed by atoms with Gasteiger partial charge in [-0.2, -0.15) is 5.10 Å². The van der Waals surface area contributed by atoms with Gasteiger partial charge in [0.25, 0.3) is 0 Å². The van der Waals surface area contributed by atoms with Crippen LogP contribution in [0.3, 0.4) is 0 Å². The molecular weight excluding hydrogens is 200 g/mol. The van der Waals surface area contributed by atoms with Gasteiger partial charge in [-0.15, -0.1) is 0 Å². The third-order valence-electron chi connectivity index (χ3n) is 2.40. The average molecular weight is 216 g/mol. The van der Waals surface area contributed by atoms with E-state index >= 15 is 0 Å². The summed E-state index contributed by atoms with van der Waals surface area (Å²) in [5, 5.41) is 7.15. The Morgan fingerprint density at radius 3 is 2.88 bits per heavy atom. The van der Waals surface area contributed by atoms with Crippen LogP contribution in [0.2, 0.25) is 0 Å². The van der Waals surface area contributed by atoms with E-state index in [0.717, 1.165) is 43.0 Å². The highest BCUT2D eigenvalue weighted by atomic mass is 15.2. The summed E-state index contributed by atoms with van der Waals surface area (Å²) in [6.07, 6.45) is 5.61. The number of nitrogens with zero attached hydrogens (tertiary/aromatic N) is 3. The quantitative estimate of drug-likeness (QED) is 0.831. The molecule has 0 amide bonds. The summed E-state index contributed by atoms with van der Waals surface area (Å²) in [6, 6.07) is 5.96. The largest absolute Gasteiger partial charge is 0.263 e. The van der Waals surface area contributed by atoms with Gasteiger partial charge in [-0.25, -0.2) is 4.98 Å². The van der Waals surface area contributed by atoms with Gasteiger partial charge >= 0.3 is 0 Å². The summed E-state index contributed by atoms with van der Waals surface area (Å²) in [4.78, 5) is 8.69. The first-order valence-corrected chi connectivity index (χ1v) is 5.68. The standard InChI is InChI=1S/C12H16N4/c1-2-5-11-14-12(16-15-11)8-7-10-6-3-4-9-13-10/h3-4,6,9H,2,5,7-8H2,1H3,(H,14,15,16). The van der Waals surface area contributed by atoms with Gasteiger partial charge in [0.1, 0.15) is 5.82 Å². The third-order valence-corrected chi connectivity index (χ3v) is 2.40. The molecule has 0 aromatic carbocycles. The number of aromatic nitrogens is 4. The fraction of sp³-hybridized carbons (Fsp3) is 0.417. The molecule has 16 heavy (non-hydrogen) atoms. The highest BCUT2D eigenvalue weighted by Gasteiger charge is 2.03. The second kappa shape index (κ2) is 5.39. The normalized spacial score (nSPS) is 10.6. The number of hydrogen-bond acceptors (Lipinski definition) is 3. The fourth-order valence-corrected chi connectivity index (χ4v) is 1.58. The summed E-state index contributed by atoms with van der Waals surface area (Å²) >= 11 is 0. The number of rotatable bonds is 5. The molecule has 0 radical (unpaired) electrons. The summed E-state index contributed by atoms with van der Waals surface area (Å²) in [7, 11) is 0. The van der Waals surface area contributed by atoms with Gasteiger partial charge < -0.3 is 0 Å². The molecule has 1 N–H and O–H groups in total. The first-order chi connectivity index (χ1) is 7.88. The lowest BCUT2D eigenvalue weighted by Gasteiger charge is -1.95. The smallest absolute Gasteiger partial charge is 0.151 e. The van der Waals surface area contributed by atoms with E-state index in [1.807, 2.05) is 24.4 Å². The monoisotopic (exact) mass is 216 g/mol. The topological polar surface area (TPSA) is 54.5 Å². The van der Waals surface area contributed by atoms with E-state index in [2.05, 4.69) is 27.1 Å². The third kappa shape index (κ3) is 2.89. The number of hydrogen-bond donors (Lipinski definition) is 1. The lowest BCUT2D eigenvalue weighted by molar-refractivity contribution is 0.837. The van der Waals surface area contributed by atoms with Crippen molar-refractivity contribution in [2.45, 2.75) is 32.6 Å². The molecule has 2 rings (SSSR count). The van der Waals surface area contributed by atoms with Crippen LogP contribution >= 0.6 is 0 Å². The highest BCUT2D eigenvalue weighted by molar-refractivity contribution is 5.05. The molecule has 0 saturated heterocycles. The van der Waals surface area contributed by atoms with Crippen molar-refractivity contribution in [2.75, 3.05) is 0 Å². The van der Waals surface area contributed by atoms with Crippen molar-refractivity contribution in [3.8, 4) is 0 Å². The van der Waals surface area contributed by atoms with Crippen molar-refractivity contribution in [1.29, 1.82) is 0 Å². The summed E-state index contributed by atoms with van der Waals surface area (Å²) in [5.41, 5.74) is 1.09. The Kier molecular flexibility index (Phi) is 3.64. The first kappa shape index (κ1) is 10.8. The van der Waals surface area contributed by atoms with E-state index in [4.69, 9.17) is 0 Å². The molecule has 2 aromatic rings. The Balaban J connectivity index is 1.89. The van der Waals surface area contributed by atoms with E-state index in [9.17, 15) is 0 Å². The molecule has 0 atom stereocenters. The van der Waals surface area contributed by atoms with Crippen molar-refractivity contribution in [3.05, 3.63) is 41.7 Å². The van der Waals surface area contributed by atoms with Crippen LogP contribution in [0.1, 0.15) is 30.7 Å². The SMILES string of the molecule is CCCc1nc(CCc2ccccn2)n[nH]1. The maximum absolute atomic E-state index is 4.42. The van der Waals surface area contributed by atoms with E-state index in [1.54, 1.807) is 0 Å². The van der Waals surface area contributed by atoms with Crippen LogP contribution in [0.5, 0.6) is 0 Å². The second-order valence-corrected chi connectivity index (χ2v) is 3.77. The summed E-state index contributed by atoms with van der Waals surface area (Å²) < 4.78 is 0. The molecular formula is C12H16N4. The van der Waals surface area contributed by atoms with Crippen LogP contribution in [0, 0.1) is 0 Å². The Labute approximate surface area is 95.1 Å². The Hall–Kier alpha value is -1.71. The molecule has 4 nitrogen and oxygen atoms in total. The average Bonchev–Trinajstić information content (AvgIpc) is 2.76. The fourth-order valence-electron chi connectivity index (χ4n) is 1.58. The van der Waals surface area contributed by atoms with Gasteiger partial charge in [0.05, 0.1) is 0 Å². The van der Waals surface area contributed by atoms with E-state index in [0.29, 0.717) is 0 Å². The molecule has 0 bridgehead atoms. The Morgan fingerprint density at radius 2 is 2.12 bits per heavy atom. The van der Waals surface area contributed by atoms with E-state index in [-0.39, 0.29) is 0 Å². The molecule has 0 saturated carbocycles. The highest BCUT2D eigenvalue weighted by Crippen LogP contribution is 2.02. The van der Waals surface area contributed by atoms with Gasteiger partial charge in [-0.1, -0.05) is 13.0 Å². The minimum absolute atomic E-state index is 0.844. The Bertz CT molecular complexity index is 422. The minimum atomic E-state index is 0.844. The lowest BCUT2D eigenvalue weighted by atomic mass is 10.2. The van der Waals surface area contributed by atoms with Crippen LogP contribution in [0.15, 0.2) is 24.4 Å². The van der Waals surface area contributed by atoms with Gasteiger partial charge in [-0.3, -0.25) is 10.1 Å². The maximum Gasteiger partial charge on any atom is 0.151 e. The predicted molar refractivity (Wildman–Crippen MR) is 62.0 cm³/mol. The number of pyridine rings is 1. The van der Waals surface area contributed by atoms with Gasteiger partial charge in [-0.05, 0) is 25.0 Å². The molecule has 0 spiro atoms. The van der Waals surface area contributed by atoms with Crippen LogP contribution in [0.25, 0.3) is 0 Å². The number of aryl methyl sites for hydroxylation is 3. The summed E-state index contributed by atoms with van der Waals surface area (Å²) in [5.74, 6) is 1.87. The number of nitrogens with one attached hydrogen (secondary N) is 1. The maximum atomic E-state index is 4.42. The van der Waals surface area contributed by atoms with Crippen LogP contribution in [-0.4, -0.2) is 20.2 Å². The zero-order valence-electron chi connectivity index (χ0n) is 9.48. The minimum Gasteiger partial charge on any atom is -0.263 e. The number of aromatic amines is 1. The first-order valence-electron chi connectivity index (χ1n) is 5.68. The molecule has 4 heteroatoms. The zero-order chi connectivity index (χ0) is 11.2. The van der Waals surface area contributed by atoms with Crippen LogP contribution in [0.4, 0.5) is 0 Å². The summed E-state index contributed by atoms with van der Waals surface area (Å²) in [6.45, 7) is 2.14. The number of H-pyrrole nitrogens is 1. The molecule has 2 aromatic heterocycles. The van der Waals surface area contributed by atoms with E-state index in [1.165, 1.54) is 0 Å². The molecule has 84 valence electrons. The molecule has 0 aliphatic rings. The zero-order valence-corrected chi connectivity index (χ0v) is 9.48. The van der Waals surface area contributed by atoms with Crippen molar-refractivity contribution in [2.24, 2.45) is 0 Å². The molecule has 0 aliphatic carbocycles. The van der Waals surface area contributed by atoms with Crippen LogP contribution in [-0.2, 0) is 19.3 Å². The Morgan fingerprint density at radius 1 is 1.19 bits per heavy atom. The van der Waals surface area contributed by atoms with Crippen LogP contribution < -0.4 is 0 Å². The lowest BCUT2D eigenvalue weighted by Crippen LogP contribution is -1.95. The second-order valence-electron chi connectivity index (χ2n) is 3.77. The van der Waals surface area contributed by atoms with Crippen molar-refractivity contribution in [1.82, 2.24) is 20.2 Å². The molecule has 2 heterocycles. The molecule has 0 aliphatic heterocycles. The van der Waals surface area contributed by atoms with Crippen molar-refractivity contribution >= 4 is 0 Å². The predicted octanol–water partition coefficient (Wildman–Crippen LogP) is 1.94.